The van der Waals surface area contributed by atoms with E-state index >= 15 is 0 Å². The number of amides is 3. The van der Waals surface area contributed by atoms with Gasteiger partial charge in [-0.15, -0.1) is 0 Å². The van der Waals surface area contributed by atoms with Crippen LogP contribution < -0.4 is 5.32 Å². The molecule has 0 atom stereocenters. The topological polar surface area (TPSA) is 69.7 Å². The third kappa shape index (κ3) is 4.06. The number of benzene rings is 2. The van der Waals surface area contributed by atoms with Crippen LogP contribution in [-0.4, -0.2) is 53.7 Å². The molecule has 1 saturated heterocycles. The van der Waals surface area contributed by atoms with Gasteiger partial charge in [-0.25, -0.2) is 0 Å². The highest BCUT2D eigenvalue weighted by Gasteiger charge is 2.29. The molecule has 6 heteroatoms. The number of piperazine rings is 1. The second-order valence-corrected chi connectivity index (χ2v) is 7.29. The summed E-state index contributed by atoms with van der Waals surface area (Å²) in [6, 6.07) is 16.2. The van der Waals surface area contributed by atoms with Gasteiger partial charge in [-0.05, 0) is 49.2 Å². The second kappa shape index (κ2) is 7.84. The fourth-order valence-electron chi connectivity index (χ4n) is 3.34. The Hall–Kier alpha value is -3.15. The zero-order chi connectivity index (χ0) is 19.5. The minimum absolute atomic E-state index is 0.00320. The van der Waals surface area contributed by atoms with Crippen molar-refractivity contribution in [3.63, 3.8) is 0 Å². The fraction of sp³-hybridized carbons (Fsp3) is 0.318. The molecule has 1 aliphatic heterocycles. The average molecular weight is 377 g/mol. The molecule has 1 saturated carbocycles. The predicted molar refractivity (Wildman–Crippen MR) is 106 cm³/mol. The monoisotopic (exact) mass is 377 g/mol. The first-order chi connectivity index (χ1) is 13.6. The molecule has 144 valence electrons. The standard InChI is InChI=1S/C22H23N3O3/c26-20(16-6-7-16)23-19-10-8-18(9-11-19)22(28)25-14-12-24(13-15-25)21(27)17-4-2-1-3-5-17/h1-5,8-11,16H,6-7,12-15H2,(H,23,26). The SMILES string of the molecule is O=C(Nc1ccc(C(=O)N2CCN(C(=O)c3ccccc3)CC2)cc1)C1CC1. The van der Waals surface area contributed by atoms with E-state index in [2.05, 4.69) is 5.32 Å². The maximum atomic E-state index is 12.7. The molecule has 3 amide bonds. The number of carbonyl (C=O) groups excluding carboxylic acids is 3. The summed E-state index contributed by atoms with van der Waals surface area (Å²) in [5.74, 6) is 0.157. The molecule has 1 heterocycles. The minimum Gasteiger partial charge on any atom is -0.335 e. The Labute approximate surface area is 164 Å². The summed E-state index contributed by atoms with van der Waals surface area (Å²) in [6.07, 6.45) is 1.92. The van der Waals surface area contributed by atoms with Crippen molar-refractivity contribution in [1.29, 1.82) is 0 Å². The van der Waals surface area contributed by atoms with Crippen molar-refractivity contribution in [1.82, 2.24) is 9.80 Å². The molecular weight excluding hydrogens is 354 g/mol. The number of hydrogen-bond donors (Lipinski definition) is 1. The summed E-state index contributed by atoms with van der Waals surface area (Å²) in [7, 11) is 0. The lowest BCUT2D eigenvalue weighted by Gasteiger charge is -2.35. The Bertz CT molecular complexity index is 868. The van der Waals surface area contributed by atoms with Crippen molar-refractivity contribution in [2.45, 2.75) is 12.8 Å². The van der Waals surface area contributed by atoms with Crippen LogP contribution in [0.4, 0.5) is 5.69 Å². The Morgan fingerprint density at radius 1 is 0.714 bits per heavy atom. The van der Waals surface area contributed by atoms with E-state index in [0.717, 1.165) is 12.8 Å². The number of nitrogens with one attached hydrogen (secondary N) is 1. The Balaban J connectivity index is 1.32. The molecule has 0 radical (unpaired) electrons. The second-order valence-electron chi connectivity index (χ2n) is 7.29. The summed E-state index contributed by atoms with van der Waals surface area (Å²) in [5, 5.41) is 2.88. The molecule has 0 spiro atoms. The summed E-state index contributed by atoms with van der Waals surface area (Å²) in [5.41, 5.74) is 1.98. The van der Waals surface area contributed by atoms with E-state index in [9.17, 15) is 14.4 Å². The van der Waals surface area contributed by atoms with E-state index in [1.807, 2.05) is 30.3 Å². The molecular formula is C22H23N3O3. The third-order valence-electron chi connectivity index (χ3n) is 5.22. The molecule has 2 aliphatic rings. The van der Waals surface area contributed by atoms with Gasteiger partial charge in [-0.2, -0.15) is 0 Å². The van der Waals surface area contributed by atoms with Crippen LogP contribution in [0.1, 0.15) is 33.6 Å². The lowest BCUT2D eigenvalue weighted by atomic mass is 10.1. The molecule has 1 aliphatic carbocycles. The first-order valence-corrected chi connectivity index (χ1v) is 9.66. The molecule has 2 aromatic rings. The van der Waals surface area contributed by atoms with Gasteiger partial charge in [-0.3, -0.25) is 14.4 Å². The molecule has 2 fully saturated rings. The van der Waals surface area contributed by atoms with Crippen LogP contribution in [0, 0.1) is 5.92 Å². The van der Waals surface area contributed by atoms with Crippen LogP contribution in [0.2, 0.25) is 0 Å². The zero-order valence-electron chi connectivity index (χ0n) is 15.6. The van der Waals surface area contributed by atoms with Gasteiger partial charge in [0.1, 0.15) is 0 Å². The molecule has 0 aromatic heterocycles. The number of rotatable bonds is 4. The number of carbonyl (C=O) groups is 3. The largest absolute Gasteiger partial charge is 0.335 e. The first kappa shape index (κ1) is 18.2. The highest BCUT2D eigenvalue weighted by Crippen LogP contribution is 2.30. The summed E-state index contributed by atoms with van der Waals surface area (Å²) in [4.78, 5) is 40.6. The summed E-state index contributed by atoms with van der Waals surface area (Å²) in [6.45, 7) is 2.07. The summed E-state index contributed by atoms with van der Waals surface area (Å²) >= 11 is 0. The molecule has 2 aromatic carbocycles. The van der Waals surface area contributed by atoms with Crippen molar-refractivity contribution >= 4 is 23.4 Å². The van der Waals surface area contributed by atoms with Gasteiger partial charge in [-0.1, -0.05) is 18.2 Å². The molecule has 1 N–H and O–H groups in total. The van der Waals surface area contributed by atoms with Gasteiger partial charge in [0.2, 0.25) is 5.91 Å². The summed E-state index contributed by atoms with van der Waals surface area (Å²) < 4.78 is 0. The smallest absolute Gasteiger partial charge is 0.253 e. The van der Waals surface area contributed by atoms with Crippen LogP contribution in [0.5, 0.6) is 0 Å². The van der Waals surface area contributed by atoms with Crippen molar-refractivity contribution in [3.05, 3.63) is 65.7 Å². The molecule has 0 unspecified atom stereocenters. The lowest BCUT2D eigenvalue weighted by molar-refractivity contribution is -0.117. The maximum absolute atomic E-state index is 12.7. The van der Waals surface area contributed by atoms with Gasteiger partial charge >= 0.3 is 0 Å². The minimum atomic E-state index is -0.0492. The Morgan fingerprint density at radius 3 is 1.71 bits per heavy atom. The molecule has 0 bridgehead atoms. The number of hydrogen-bond acceptors (Lipinski definition) is 3. The van der Waals surface area contributed by atoms with Gasteiger partial charge in [0, 0.05) is 48.9 Å². The Morgan fingerprint density at radius 2 is 1.21 bits per heavy atom. The van der Waals surface area contributed by atoms with Crippen molar-refractivity contribution in [2.75, 3.05) is 31.5 Å². The number of anilines is 1. The normalized spacial score (nSPS) is 16.6. The predicted octanol–water partition coefficient (Wildman–Crippen LogP) is 2.63. The van der Waals surface area contributed by atoms with Crippen LogP contribution in [-0.2, 0) is 4.79 Å². The van der Waals surface area contributed by atoms with Gasteiger partial charge < -0.3 is 15.1 Å². The highest BCUT2D eigenvalue weighted by molar-refractivity contribution is 5.97. The van der Waals surface area contributed by atoms with E-state index in [4.69, 9.17) is 0 Å². The van der Waals surface area contributed by atoms with E-state index in [0.29, 0.717) is 43.0 Å². The highest BCUT2D eigenvalue weighted by atomic mass is 16.2. The van der Waals surface area contributed by atoms with Crippen LogP contribution >= 0.6 is 0 Å². The number of nitrogens with zero attached hydrogens (tertiary/aromatic N) is 2. The van der Waals surface area contributed by atoms with E-state index < -0.39 is 0 Å². The van der Waals surface area contributed by atoms with E-state index in [-0.39, 0.29) is 23.6 Å². The van der Waals surface area contributed by atoms with Gasteiger partial charge in [0.15, 0.2) is 0 Å². The van der Waals surface area contributed by atoms with Crippen molar-refractivity contribution in [3.8, 4) is 0 Å². The van der Waals surface area contributed by atoms with Crippen LogP contribution in [0.3, 0.4) is 0 Å². The quantitative estimate of drug-likeness (QED) is 0.891. The van der Waals surface area contributed by atoms with Crippen LogP contribution in [0.25, 0.3) is 0 Å². The van der Waals surface area contributed by atoms with Gasteiger partial charge in [0.05, 0.1) is 0 Å². The molecule has 28 heavy (non-hydrogen) atoms. The van der Waals surface area contributed by atoms with Crippen LogP contribution in [0.15, 0.2) is 54.6 Å². The third-order valence-corrected chi connectivity index (χ3v) is 5.22. The Kier molecular flexibility index (Phi) is 5.10. The lowest BCUT2D eigenvalue weighted by Crippen LogP contribution is -2.50. The van der Waals surface area contributed by atoms with Crippen molar-refractivity contribution in [2.24, 2.45) is 5.92 Å². The zero-order valence-corrected chi connectivity index (χ0v) is 15.6. The average Bonchev–Trinajstić information content (AvgIpc) is 3.60. The van der Waals surface area contributed by atoms with E-state index in [1.165, 1.54) is 0 Å². The fourth-order valence-corrected chi connectivity index (χ4v) is 3.34. The molecule has 6 nitrogen and oxygen atoms in total. The molecule has 4 rings (SSSR count). The van der Waals surface area contributed by atoms with Gasteiger partial charge in [0.25, 0.3) is 11.8 Å². The first-order valence-electron chi connectivity index (χ1n) is 9.66. The maximum Gasteiger partial charge on any atom is 0.253 e. The van der Waals surface area contributed by atoms with E-state index in [1.54, 1.807) is 34.1 Å². The van der Waals surface area contributed by atoms with Crippen molar-refractivity contribution < 1.29 is 14.4 Å².